The highest BCUT2D eigenvalue weighted by molar-refractivity contribution is 5.88. The number of carbonyl (C=O) groups is 2. The first-order valence-corrected chi connectivity index (χ1v) is 18.0. The van der Waals surface area contributed by atoms with Gasteiger partial charge in [-0.15, -0.1) is 0 Å². The van der Waals surface area contributed by atoms with Crippen LogP contribution in [0.2, 0.25) is 0 Å². The molecule has 4 unspecified atom stereocenters. The first-order chi connectivity index (χ1) is 23.3. The largest absolute Gasteiger partial charge is 0.508 e. The van der Waals surface area contributed by atoms with Gasteiger partial charge in [0.2, 0.25) is 5.91 Å². The lowest BCUT2D eigenvalue weighted by molar-refractivity contribution is -0.135. The monoisotopic (exact) mass is 644 g/mol. The van der Waals surface area contributed by atoms with Crippen LogP contribution in [0.25, 0.3) is 33.3 Å². The van der Waals surface area contributed by atoms with Gasteiger partial charge in [-0.25, -0.2) is 9.78 Å². The number of aromatic amines is 1. The van der Waals surface area contributed by atoms with Crippen molar-refractivity contribution in [3.8, 4) is 28.0 Å². The zero-order valence-electron chi connectivity index (χ0n) is 28.0. The van der Waals surface area contributed by atoms with Crippen LogP contribution in [-0.2, 0) is 16.0 Å². The molecule has 2 heterocycles. The fraction of sp³-hybridized carbons (Fsp3) is 0.475. The van der Waals surface area contributed by atoms with Crippen molar-refractivity contribution >= 4 is 23.0 Å². The van der Waals surface area contributed by atoms with E-state index in [-0.39, 0.29) is 17.9 Å². The van der Waals surface area contributed by atoms with Gasteiger partial charge in [-0.2, -0.15) is 0 Å². The van der Waals surface area contributed by atoms with Gasteiger partial charge in [-0.05, 0) is 138 Å². The van der Waals surface area contributed by atoms with E-state index in [9.17, 15) is 14.7 Å². The first kappa shape index (κ1) is 29.8. The number of aromatic nitrogens is 2. The minimum Gasteiger partial charge on any atom is -0.508 e. The maximum absolute atomic E-state index is 13.7. The number of benzene rings is 3. The standard InChI is InChI=1S/C40H44N4O4/c1-20(2)37(43-40(47)48-3)39(46)44-16-4-5-32(44)38-41-30-14-9-22(19-31(30)42-38)26-11-12-27(29-18-21-8-10-25(21)36(26)29)28-13-15-33(45)35-24-7-6-23(17-24)34(28)35/h9,11-15,19-21,23-25,32,37,45H,4-8,10,16-18H2,1-3H3,(H,41,42)(H,43,47)/t21?,23?,24?,25?,32-,37-/m0/s1. The van der Waals surface area contributed by atoms with Gasteiger partial charge in [0.05, 0.1) is 24.2 Å². The second-order valence-corrected chi connectivity index (χ2v) is 15.3. The molecule has 6 atom stereocenters. The lowest BCUT2D eigenvalue weighted by Crippen LogP contribution is -2.51. The number of hydrogen-bond donors (Lipinski definition) is 3. The molecule has 9 rings (SSSR count). The van der Waals surface area contributed by atoms with E-state index in [0.717, 1.165) is 42.0 Å². The molecule has 3 aromatic carbocycles. The molecule has 1 saturated heterocycles. The molecule has 3 fully saturated rings. The molecule has 0 radical (unpaired) electrons. The van der Waals surface area contributed by atoms with Crippen molar-refractivity contribution in [2.45, 2.75) is 95.1 Å². The molecule has 248 valence electrons. The van der Waals surface area contributed by atoms with Crippen molar-refractivity contribution in [2.75, 3.05) is 13.7 Å². The van der Waals surface area contributed by atoms with Crippen LogP contribution in [-0.4, -0.2) is 51.7 Å². The molecule has 1 aliphatic heterocycles. The summed E-state index contributed by atoms with van der Waals surface area (Å²) in [6.07, 6.45) is 8.41. The third-order valence-corrected chi connectivity index (χ3v) is 12.5. The molecule has 5 aliphatic rings. The number of carbonyl (C=O) groups excluding carboxylic acids is 2. The molecular formula is C40H44N4O4. The summed E-state index contributed by atoms with van der Waals surface area (Å²) in [6.45, 7) is 4.50. The van der Waals surface area contributed by atoms with Gasteiger partial charge >= 0.3 is 6.09 Å². The van der Waals surface area contributed by atoms with Crippen molar-refractivity contribution in [3.05, 3.63) is 70.5 Å². The summed E-state index contributed by atoms with van der Waals surface area (Å²) < 4.78 is 4.80. The Bertz CT molecular complexity index is 1980. The van der Waals surface area contributed by atoms with E-state index >= 15 is 0 Å². The Kier molecular flexibility index (Phi) is 6.89. The van der Waals surface area contributed by atoms with E-state index in [1.165, 1.54) is 83.7 Å². The Morgan fingerprint density at radius 2 is 1.75 bits per heavy atom. The molecule has 48 heavy (non-hydrogen) atoms. The van der Waals surface area contributed by atoms with Gasteiger partial charge < -0.3 is 25.0 Å². The lowest BCUT2D eigenvalue weighted by Gasteiger charge is -2.31. The highest BCUT2D eigenvalue weighted by Crippen LogP contribution is 2.61. The minimum atomic E-state index is -0.660. The van der Waals surface area contributed by atoms with Crippen LogP contribution in [0, 0.1) is 11.8 Å². The van der Waals surface area contributed by atoms with Crippen molar-refractivity contribution in [1.82, 2.24) is 20.2 Å². The predicted octanol–water partition coefficient (Wildman–Crippen LogP) is 8.06. The summed E-state index contributed by atoms with van der Waals surface area (Å²) in [7, 11) is 1.32. The van der Waals surface area contributed by atoms with Gasteiger partial charge in [0.15, 0.2) is 0 Å². The summed E-state index contributed by atoms with van der Waals surface area (Å²) in [5.41, 5.74) is 12.8. The van der Waals surface area contributed by atoms with Crippen molar-refractivity contribution in [1.29, 1.82) is 0 Å². The molecule has 4 aliphatic carbocycles. The number of ether oxygens (including phenoxy) is 1. The quantitative estimate of drug-likeness (QED) is 0.197. The summed E-state index contributed by atoms with van der Waals surface area (Å²) in [5, 5.41) is 13.6. The van der Waals surface area contributed by atoms with Crippen LogP contribution in [0.15, 0.2) is 42.5 Å². The summed E-state index contributed by atoms with van der Waals surface area (Å²) in [5.74, 6) is 3.52. The van der Waals surface area contributed by atoms with Crippen molar-refractivity contribution < 1.29 is 19.4 Å². The number of likely N-dealkylation sites (tertiary alicyclic amines) is 1. The van der Waals surface area contributed by atoms with Crippen LogP contribution < -0.4 is 5.32 Å². The molecule has 2 bridgehead atoms. The van der Waals surface area contributed by atoms with Gasteiger partial charge in [-0.1, -0.05) is 38.1 Å². The van der Waals surface area contributed by atoms with E-state index in [1.807, 2.05) is 24.8 Å². The number of rotatable bonds is 6. The maximum atomic E-state index is 13.7. The molecule has 8 nitrogen and oxygen atoms in total. The van der Waals surface area contributed by atoms with E-state index in [4.69, 9.17) is 9.72 Å². The lowest BCUT2D eigenvalue weighted by atomic mass is 9.73. The average Bonchev–Trinajstić information content (AvgIpc) is 3.91. The third-order valence-electron chi connectivity index (χ3n) is 12.5. The van der Waals surface area contributed by atoms with Crippen molar-refractivity contribution in [3.63, 3.8) is 0 Å². The first-order valence-electron chi connectivity index (χ1n) is 18.0. The summed E-state index contributed by atoms with van der Waals surface area (Å²) in [4.78, 5) is 36.2. The Balaban J connectivity index is 1.06. The fourth-order valence-corrected chi connectivity index (χ4v) is 10.0. The van der Waals surface area contributed by atoms with Crippen LogP contribution >= 0.6 is 0 Å². The fourth-order valence-electron chi connectivity index (χ4n) is 10.0. The van der Waals surface area contributed by atoms with E-state index in [1.54, 1.807) is 0 Å². The van der Waals surface area contributed by atoms with E-state index in [0.29, 0.717) is 30.0 Å². The zero-order valence-corrected chi connectivity index (χ0v) is 28.0. The van der Waals surface area contributed by atoms with Gasteiger partial charge in [0.1, 0.15) is 17.6 Å². The number of phenolic OH excluding ortho intramolecular Hbond substituents is 1. The van der Waals surface area contributed by atoms with Gasteiger partial charge in [0.25, 0.3) is 0 Å². The second-order valence-electron chi connectivity index (χ2n) is 15.3. The van der Waals surface area contributed by atoms with E-state index in [2.05, 4.69) is 46.7 Å². The number of nitrogens with one attached hydrogen (secondary N) is 2. The Hall–Kier alpha value is -4.33. The Morgan fingerprint density at radius 3 is 2.52 bits per heavy atom. The minimum absolute atomic E-state index is 0.0791. The smallest absolute Gasteiger partial charge is 0.407 e. The number of methoxy groups -OCH3 is 1. The van der Waals surface area contributed by atoms with Crippen LogP contribution in [0.3, 0.4) is 0 Å². The number of H-pyrrole nitrogens is 1. The number of imidazole rings is 1. The number of alkyl carbamates (subject to hydrolysis) is 1. The van der Waals surface area contributed by atoms with Gasteiger partial charge in [0, 0.05) is 12.1 Å². The molecule has 3 N–H and O–H groups in total. The average molecular weight is 645 g/mol. The zero-order chi connectivity index (χ0) is 32.8. The second kappa shape index (κ2) is 11.1. The maximum Gasteiger partial charge on any atom is 0.407 e. The molecule has 0 spiro atoms. The molecule has 2 saturated carbocycles. The summed E-state index contributed by atoms with van der Waals surface area (Å²) in [6, 6.07) is 14.6. The van der Waals surface area contributed by atoms with Gasteiger partial charge in [-0.3, -0.25) is 4.79 Å². The SMILES string of the molecule is COC(=O)N[C@H](C(=O)N1CCC[C@H]1c1nc2ccc(-c3ccc(-c4ccc(O)c5c4C4CCC5C4)c4c3C3CCC3C4)cc2[nH]1)C(C)C. The third kappa shape index (κ3) is 4.43. The number of nitrogens with zero attached hydrogens (tertiary/aromatic N) is 2. The molecule has 8 heteroatoms. The molecule has 4 aromatic rings. The number of hydrogen-bond acceptors (Lipinski definition) is 5. The number of amides is 2. The Morgan fingerprint density at radius 1 is 0.958 bits per heavy atom. The molecule has 1 aromatic heterocycles. The van der Waals surface area contributed by atoms with Crippen LogP contribution in [0.5, 0.6) is 5.75 Å². The van der Waals surface area contributed by atoms with Crippen LogP contribution in [0.4, 0.5) is 4.79 Å². The van der Waals surface area contributed by atoms with E-state index < -0.39 is 12.1 Å². The summed E-state index contributed by atoms with van der Waals surface area (Å²) >= 11 is 0. The van der Waals surface area contributed by atoms with Crippen LogP contribution in [0.1, 0.15) is 111 Å². The highest BCUT2D eigenvalue weighted by Gasteiger charge is 2.44. The highest BCUT2D eigenvalue weighted by atomic mass is 16.5. The predicted molar refractivity (Wildman–Crippen MR) is 185 cm³/mol. The normalized spacial score (nSPS) is 25.6. The molecular weight excluding hydrogens is 600 g/mol. The molecule has 2 amide bonds. The topological polar surface area (TPSA) is 108 Å². The van der Waals surface area contributed by atoms with Crippen molar-refractivity contribution in [2.24, 2.45) is 11.8 Å². The number of fused-ring (bicyclic) bond motifs is 9. The Labute approximate surface area is 281 Å². The number of phenols is 1. The number of aromatic hydroxyl groups is 1.